The minimum atomic E-state index is -0.381. The van der Waals surface area contributed by atoms with E-state index in [0.717, 1.165) is 35.5 Å². The van der Waals surface area contributed by atoms with E-state index in [1.54, 1.807) is 11.4 Å². The highest BCUT2D eigenvalue weighted by Crippen LogP contribution is 2.17. The molecule has 0 bridgehead atoms. The molecule has 0 amide bonds. The van der Waals surface area contributed by atoms with Crippen molar-refractivity contribution in [2.45, 2.75) is 19.9 Å². The molecule has 0 aliphatic carbocycles. The number of aromatic nitrogens is 5. The van der Waals surface area contributed by atoms with Gasteiger partial charge in [-0.3, -0.25) is 18.3 Å². The maximum Gasteiger partial charge on any atom is 0.332 e. The molecule has 4 aromatic rings. The van der Waals surface area contributed by atoms with Crippen molar-refractivity contribution in [1.82, 2.24) is 23.1 Å². The number of anilines is 1. The van der Waals surface area contributed by atoms with Crippen LogP contribution in [-0.4, -0.2) is 29.6 Å². The average molecular weight is 401 g/mol. The molecule has 1 N–H and O–H groups in total. The standard InChI is InChI=1S/C19H21ClN6O2/c1-12-11-26-15-16(23(2)19(28)24(3)17(15)27)22-18(26)25(12)10-4-9-21-14-7-5-13(20)6-8-14/h5-8,11,21H,4,9-10H2,1-3H3. The Hall–Kier alpha value is -3.00. The summed E-state index contributed by atoms with van der Waals surface area (Å²) in [6.07, 6.45) is 2.76. The molecule has 0 saturated heterocycles. The summed E-state index contributed by atoms with van der Waals surface area (Å²) in [5, 5.41) is 4.07. The SMILES string of the molecule is Cc1cn2c3c(=O)n(C)c(=O)n(C)c3nc2n1CCCNc1ccc(Cl)cc1. The summed E-state index contributed by atoms with van der Waals surface area (Å²) >= 11 is 5.90. The quantitative estimate of drug-likeness (QED) is 0.521. The van der Waals surface area contributed by atoms with Crippen molar-refractivity contribution in [2.24, 2.45) is 14.1 Å². The molecule has 0 unspecified atom stereocenters. The number of fused-ring (bicyclic) bond motifs is 3. The zero-order valence-electron chi connectivity index (χ0n) is 15.9. The molecule has 0 radical (unpaired) electrons. The minimum Gasteiger partial charge on any atom is -0.385 e. The fourth-order valence-corrected chi connectivity index (χ4v) is 3.57. The summed E-state index contributed by atoms with van der Waals surface area (Å²) in [5.74, 6) is 0.664. The van der Waals surface area contributed by atoms with Crippen LogP contribution < -0.4 is 16.6 Å². The average Bonchev–Trinajstić information content (AvgIpc) is 3.18. The highest BCUT2D eigenvalue weighted by atomic mass is 35.5. The summed E-state index contributed by atoms with van der Waals surface area (Å²) in [7, 11) is 3.11. The first kappa shape index (κ1) is 18.4. The van der Waals surface area contributed by atoms with Gasteiger partial charge >= 0.3 is 5.69 Å². The van der Waals surface area contributed by atoms with Crippen LogP contribution in [-0.2, 0) is 20.6 Å². The number of nitrogens with zero attached hydrogens (tertiary/aromatic N) is 5. The number of halogens is 1. The largest absolute Gasteiger partial charge is 0.385 e. The Kier molecular flexibility index (Phi) is 4.50. The fourth-order valence-electron chi connectivity index (χ4n) is 3.44. The van der Waals surface area contributed by atoms with Gasteiger partial charge in [0.15, 0.2) is 11.2 Å². The molecule has 8 nitrogen and oxygen atoms in total. The minimum absolute atomic E-state index is 0.341. The third-order valence-corrected chi connectivity index (χ3v) is 5.24. The first-order valence-corrected chi connectivity index (χ1v) is 9.39. The van der Waals surface area contributed by atoms with Crippen LogP contribution in [0.4, 0.5) is 5.69 Å². The van der Waals surface area contributed by atoms with Crippen LogP contribution in [0.25, 0.3) is 16.9 Å². The summed E-state index contributed by atoms with van der Waals surface area (Å²) in [6.45, 7) is 3.51. The van der Waals surface area contributed by atoms with Crippen LogP contribution in [0.2, 0.25) is 5.02 Å². The number of benzene rings is 1. The van der Waals surface area contributed by atoms with Gasteiger partial charge in [0.25, 0.3) is 5.56 Å². The zero-order valence-corrected chi connectivity index (χ0v) is 16.7. The number of imidazole rings is 2. The molecular weight excluding hydrogens is 380 g/mol. The van der Waals surface area contributed by atoms with E-state index in [1.165, 1.54) is 11.6 Å². The monoisotopic (exact) mass is 400 g/mol. The van der Waals surface area contributed by atoms with Crippen molar-refractivity contribution >= 4 is 34.2 Å². The van der Waals surface area contributed by atoms with Crippen LogP contribution >= 0.6 is 11.6 Å². The Morgan fingerprint density at radius 2 is 1.82 bits per heavy atom. The van der Waals surface area contributed by atoms with E-state index in [2.05, 4.69) is 14.9 Å². The fraction of sp³-hybridized carbons (Fsp3) is 0.316. The second-order valence-corrected chi connectivity index (χ2v) is 7.31. The number of aryl methyl sites for hydroxylation is 3. The van der Waals surface area contributed by atoms with E-state index >= 15 is 0 Å². The predicted octanol–water partition coefficient (Wildman–Crippen LogP) is 2.15. The van der Waals surface area contributed by atoms with Crippen molar-refractivity contribution in [3.63, 3.8) is 0 Å². The maximum absolute atomic E-state index is 12.6. The molecule has 3 heterocycles. The van der Waals surface area contributed by atoms with E-state index in [4.69, 9.17) is 11.6 Å². The molecule has 0 aliphatic rings. The van der Waals surface area contributed by atoms with Crippen molar-refractivity contribution < 1.29 is 0 Å². The summed E-state index contributed by atoms with van der Waals surface area (Å²) < 4.78 is 6.36. The molecule has 9 heteroatoms. The molecule has 3 aromatic heterocycles. The van der Waals surface area contributed by atoms with E-state index in [0.29, 0.717) is 22.0 Å². The number of hydrogen-bond acceptors (Lipinski definition) is 4. The van der Waals surface area contributed by atoms with Gasteiger partial charge in [-0.05, 0) is 37.6 Å². The lowest BCUT2D eigenvalue weighted by Gasteiger charge is -2.08. The lowest BCUT2D eigenvalue weighted by atomic mass is 10.3. The Morgan fingerprint density at radius 1 is 1.11 bits per heavy atom. The normalized spacial score (nSPS) is 11.6. The lowest BCUT2D eigenvalue weighted by molar-refractivity contribution is 0.660. The first-order valence-electron chi connectivity index (χ1n) is 9.02. The van der Waals surface area contributed by atoms with Gasteiger partial charge in [0.2, 0.25) is 5.78 Å². The molecule has 146 valence electrons. The molecule has 1 aromatic carbocycles. The number of hydrogen-bond donors (Lipinski definition) is 1. The molecule has 0 atom stereocenters. The van der Waals surface area contributed by atoms with Crippen LogP contribution in [0.15, 0.2) is 40.1 Å². The molecule has 4 rings (SSSR count). The molecular formula is C19H21ClN6O2. The van der Waals surface area contributed by atoms with Crippen LogP contribution in [0, 0.1) is 6.92 Å². The molecule has 0 saturated carbocycles. The van der Waals surface area contributed by atoms with E-state index in [-0.39, 0.29) is 11.2 Å². The van der Waals surface area contributed by atoms with Gasteiger partial charge in [-0.15, -0.1) is 0 Å². The van der Waals surface area contributed by atoms with E-state index in [1.807, 2.05) is 37.4 Å². The first-order chi connectivity index (χ1) is 13.4. The topological polar surface area (TPSA) is 78.3 Å². The van der Waals surface area contributed by atoms with Crippen LogP contribution in [0.1, 0.15) is 12.1 Å². The van der Waals surface area contributed by atoms with Crippen molar-refractivity contribution in [3.8, 4) is 0 Å². The van der Waals surface area contributed by atoms with Gasteiger partial charge in [0, 0.05) is 49.8 Å². The number of rotatable bonds is 5. The van der Waals surface area contributed by atoms with Gasteiger partial charge in [-0.1, -0.05) is 11.6 Å². The van der Waals surface area contributed by atoms with Gasteiger partial charge in [0.05, 0.1) is 0 Å². The Labute approximate surface area is 165 Å². The Morgan fingerprint density at radius 3 is 2.54 bits per heavy atom. The molecule has 28 heavy (non-hydrogen) atoms. The van der Waals surface area contributed by atoms with Crippen molar-refractivity contribution in [1.29, 1.82) is 0 Å². The van der Waals surface area contributed by atoms with Gasteiger partial charge < -0.3 is 9.88 Å². The third kappa shape index (κ3) is 2.90. The summed E-state index contributed by atoms with van der Waals surface area (Å²) in [4.78, 5) is 29.4. The summed E-state index contributed by atoms with van der Waals surface area (Å²) in [6, 6.07) is 7.59. The Bertz CT molecular complexity index is 1290. The second kappa shape index (κ2) is 6.87. The van der Waals surface area contributed by atoms with Gasteiger partial charge in [-0.2, -0.15) is 4.98 Å². The van der Waals surface area contributed by atoms with Gasteiger partial charge in [-0.25, -0.2) is 4.79 Å². The molecule has 0 aliphatic heterocycles. The molecule has 0 spiro atoms. The lowest BCUT2D eigenvalue weighted by Crippen LogP contribution is -2.37. The van der Waals surface area contributed by atoms with Crippen LogP contribution in [0.5, 0.6) is 0 Å². The number of nitrogens with one attached hydrogen (secondary N) is 1. The predicted molar refractivity (Wildman–Crippen MR) is 110 cm³/mol. The smallest absolute Gasteiger partial charge is 0.332 e. The van der Waals surface area contributed by atoms with Gasteiger partial charge in [0.1, 0.15) is 0 Å². The maximum atomic E-state index is 12.6. The summed E-state index contributed by atoms with van der Waals surface area (Å²) in [5.41, 5.74) is 2.12. The van der Waals surface area contributed by atoms with Crippen LogP contribution in [0.3, 0.4) is 0 Å². The third-order valence-electron chi connectivity index (χ3n) is 4.99. The second-order valence-electron chi connectivity index (χ2n) is 6.87. The molecule has 0 fully saturated rings. The highest BCUT2D eigenvalue weighted by Gasteiger charge is 2.18. The highest BCUT2D eigenvalue weighted by molar-refractivity contribution is 6.30. The van der Waals surface area contributed by atoms with E-state index in [9.17, 15) is 9.59 Å². The Balaban J connectivity index is 1.62. The van der Waals surface area contributed by atoms with E-state index < -0.39 is 0 Å². The zero-order chi connectivity index (χ0) is 20.0. The van der Waals surface area contributed by atoms with Crippen molar-refractivity contribution in [3.05, 3.63) is 62.0 Å². The van der Waals surface area contributed by atoms with Crippen molar-refractivity contribution in [2.75, 3.05) is 11.9 Å².